The highest BCUT2D eigenvalue weighted by Crippen LogP contribution is 2.26. The first kappa shape index (κ1) is 8.32. The first-order valence-corrected chi connectivity index (χ1v) is 4.39. The Labute approximate surface area is 80.5 Å². The number of benzene rings is 1. The highest BCUT2D eigenvalue weighted by molar-refractivity contribution is 6.35. The van der Waals surface area contributed by atoms with Gasteiger partial charge in [0.1, 0.15) is 6.29 Å². The summed E-state index contributed by atoms with van der Waals surface area (Å²) >= 11 is 6.00. The van der Waals surface area contributed by atoms with Gasteiger partial charge in [-0.05, 0) is 17.7 Å². The second kappa shape index (κ2) is 3.23. The normalized spacial score (nSPS) is 10.5. The minimum Gasteiger partial charge on any atom is -0.361 e. The Morgan fingerprint density at radius 1 is 1.46 bits per heavy atom. The lowest BCUT2D eigenvalue weighted by Gasteiger charge is -1.95. The first-order valence-electron chi connectivity index (χ1n) is 4.01. The SMILES string of the molecule is O=CCc1c[nH]c2cccc(Cl)c12. The number of hydrogen-bond acceptors (Lipinski definition) is 1. The van der Waals surface area contributed by atoms with Gasteiger partial charge < -0.3 is 9.78 Å². The summed E-state index contributed by atoms with van der Waals surface area (Å²) in [6.45, 7) is 0. The Bertz CT molecular complexity index is 447. The van der Waals surface area contributed by atoms with Crippen molar-refractivity contribution >= 4 is 28.8 Å². The van der Waals surface area contributed by atoms with Crippen molar-refractivity contribution in [2.75, 3.05) is 0 Å². The van der Waals surface area contributed by atoms with Gasteiger partial charge in [0.05, 0.1) is 5.02 Å². The Hall–Kier alpha value is -1.28. The Morgan fingerprint density at radius 2 is 2.31 bits per heavy atom. The maximum atomic E-state index is 10.4. The molecule has 0 amide bonds. The third-order valence-corrected chi connectivity index (χ3v) is 2.35. The second-order valence-corrected chi connectivity index (χ2v) is 3.25. The number of nitrogens with one attached hydrogen (secondary N) is 1. The van der Waals surface area contributed by atoms with E-state index in [-0.39, 0.29) is 0 Å². The maximum Gasteiger partial charge on any atom is 0.124 e. The van der Waals surface area contributed by atoms with Crippen LogP contribution in [-0.4, -0.2) is 11.3 Å². The van der Waals surface area contributed by atoms with E-state index < -0.39 is 0 Å². The monoisotopic (exact) mass is 193 g/mol. The molecule has 1 aromatic carbocycles. The van der Waals surface area contributed by atoms with Crippen LogP contribution in [0.2, 0.25) is 5.02 Å². The van der Waals surface area contributed by atoms with E-state index in [1.807, 2.05) is 24.4 Å². The third kappa shape index (κ3) is 1.33. The molecule has 1 N–H and O–H groups in total. The van der Waals surface area contributed by atoms with Crippen LogP contribution in [0.3, 0.4) is 0 Å². The van der Waals surface area contributed by atoms with E-state index in [0.29, 0.717) is 11.4 Å². The maximum absolute atomic E-state index is 10.4. The fourth-order valence-electron chi connectivity index (χ4n) is 1.46. The van der Waals surface area contributed by atoms with Crippen LogP contribution in [0.1, 0.15) is 5.56 Å². The quantitative estimate of drug-likeness (QED) is 0.731. The largest absolute Gasteiger partial charge is 0.361 e. The molecule has 3 heteroatoms. The molecular weight excluding hydrogens is 186 g/mol. The Balaban J connectivity index is 2.70. The van der Waals surface area contributed by atoms with Crippen LogP contribution in [0.15, 0.2) is 24.4 Å². The van der Waals surface area contributed by atoms with Crippen LogP contribution in [0.4, 0.5) is 0 Å². The Kier molecular flexibility index (Phi) is 2.07. The third-order valence-electron chi connectivity index (χ3n) is 2.04. The topological polar surface area (TPSA) is 32.9 Å². The van der Waals surface area contributed by atoms with Crippen LogP contribution in [0, 0.1) is 0 Å². The number of aldehydes is 1. The molecule has 2 aromatic rings. The van der Waals surface area contributed by atoms with E-state index in [4.69, 9.17) is 11.6 Å². The smallest absolute Gasteiger partial charge is 0.124 e. The lowest BCUT2D eigenvalue weighted by Crippen LogP contribution is -1.82. The lowest BCUT2D eigenvalue weighted by molar-refractivity contribution is -0.107. The van der Waals surface area contributed by atoms with Crippen molar-refractivity contribution in [3.63, 3.8) is 0 Å². The number of carbonyl (C=O) groups excluding carboxylic acids is 1. The lowest BCUT2D eigenvalue weighted by atomic mass is 10.1. The molecule has 0 unspecified atom stereocenters. The van der Waals surface area contributed by atoms with Crippen molar-refractivity contribution in [2.24, 2.45) is 0 Å². The van der Waals surface area contributed by atoms with Crippen molar-refractivity contribution in [1.82, 2.24) is 4.98 Å². The van der Waals surface area contributed by atoms with Crippen LogP contribution in [0.5, 0.6) is 0 Å². The van der Waals surface area contributed by atoms with Gasteiger partial charge in [0, 0.05) is 23.5 Å². The molecule has 0 fully saturated rings. The van der Waals surface area contributed by atoms with Gasteiger partial charge in [-0.15, -0.1) is 0 Å². The minimum atomic E-state index is 0.406. The van der Waals surface area contributed by atoms with Gasteiger partial charge in [-0.25, -0.2) is 0 Å². The molecule has 0 radical (unpaired) electrons. The number of carbonyl (C=O) groups is 1. The van der Waals surface area contributed by atoms with Gasteiger partial charge in [0.25, 0.3) is 0 Å². The summed E-state index contributed by atoms with van der Waals surface area (Å²) < 4.78 is 0. The van der Waals surface area contributed by atoms with Crippen molar-refractivity contribution < 1.29 is 4.79 Å². The molecule has 13 heavy (non-hydrogen) atoms. The molecule has 66 valence electrons. The molecule has 2 rings (SSSR count). The van der Waals surface area contributed by atoms with Crippen molar-refractivity contribution in [2.45, 2.75) is 6.42 Å². The van der Waals surface area contributed by atoms with E-state index in [0.717, 1.165) is 22.8 Å². The Morgan fingerprint density at radius 3 is 3.08 bits per heavy atom. The van der Waals surface area contributed by atoms with Crippen LogP contribution in [-0.2, 0) is 11.2 Å². The molecule has 0 aliphatic heterocycles. The van der Waals surface area contributed by atoms with Crippen molar-refractivity contribution in [3.05, 3.63) is 35.0 Å². The molecule has 2 nitrogen and oxygen atoms in total. The molecule has 0 saturated carbocycles. The summed E-state index contributed by atoms with van der Waals surface area (Å²) in [5, 5.41) is 1.65. The van der Waals surface area contributed by atoms with Gasteiger partial charge in [-0.1, -0.05) is 17.7 Å². The predicted molar refractivity (Wildman–Crippen MR) is 53.1 cm³/mol. The summed E-state index contributed by atoms with van der Waals surface area (Å²) in [6.07, 6.45) is 3.11. The molecule has 0 bridgehead atoms. The van der Waals surface area contributed by atoms with E-state index >= 15 is 0 Å². The van der Waals surface area contributed by atoms with Gasteiger partial charge >= 0.3 is 0 Å². The highest BCUT2D eigenvalue weighted by atomic mass is 35.5. The molecule has 0 atom stereocenters. The number of hydrogen-bond donors (Lipinski definition) is 1. The molecule has 1 heterocycles. The zero-order valence-corrected chi connectivity index (χ0v) is 7.64. The number of aromatic nitrogens is 1. The van der Waals surface area contributed by atoms with Crippen LogP contribution in [0.25, 0.3) is 10.9 Å². The van der Waals surface area contributed by atoms with Gasteiger partial charge in [0.15, 0.2) is 0 Å². The van der Waals surface area contributed by atoms with Gasteiger partial charge in [-0.3, -0.25) is 0 Å². The number of halogens is 1. The molecular formula is C10H8ClNO. The minimum absolute atomic E-state index is 0.406. The van der Waals surface area contributed by atoms with Crippen molar-refractivity contribution in [3.8, 4) is 0 Å². The molecule has 0 spiro atoms. The summed E-state index contributed by atoms with van der Waals surface area (Å²) in [6, 6.07) is 5.65. The number of H-pyrrole nitrogens is 1. The fraction of sp³-hybridized carbons (Fsp3) is 0.100. The summed E-state index contributed by atoms with van der Waals surface area (Å²) in [4.78, 5) is 13.4. The molecule has 0 aliphatic rings. The van der Waals surface area contributed by atoms with Crippen LogP contribution >= 0.6 is 11.6 Å². The van der Waals surface area contributed by atoms with Gasteiger partial charge in [0.2, 0.25) is 0 Å². The van der Waals surface area contributed by atoms with E-state index in [9.17, 15) is 4.79 Å². The molecule has 0 aliphatic carbocycles. The molecule has 0 saturated heterocycles. The van der Waals surface area contributed by atoms with E-state index in [2.05, 4.69) is 4.98 Å². The second-order valence-electron chi connectivity index (χ2n) is 2.85. The summed E-state index contributed by atoms with van der Waals surface area (Å²) in [7, 11) is 0. The number of aromatic amines is 1. The zero-order chi connectivity index (χ0) is 9.26. The fourth-order valence-corrected chi connectivity index (χ4v) is 1.75. The standard InChI is InChI=1S/C10H8ClNO/c11-8-2-1-3-9-10(8)7(4-5-13)6-12-9/h1-3,5-6,12H,4H2. The average molecular weight is 194 g/mol. The molecule has 1 aromatic heterocycles. The summed E-state index contributed by atoms with van der Waals surface area (Å²) in [5.41, 5.74) is 1.93. The predicted octanol–water partition coefficient (Wildman–Crippen LogP) is 2.56. The van der Waals surface area contributed by atoms with Gasteiger partial charge in [-0.2, -0.15) is 0 Å². The van der Waals surface area contributed by atoms with E-state index in [1.165, 1.54) is 0 Å². The zero-order valence-electron chi connectivity index (χ0n) is 6.88. The number of fused-ring (bicyclic) bond motifs is 1. The van der Waals surface area contributed by atoms with Crippen LogP contribution < -0.4 is 0 Å². The highest BCUT2D eigenvalue weighted by Gasteiger charge is 2.05. The summed E-state index contributed by atoms with van der Waals surface area (Å²) in [5.74, 6) is 0. The average Bonchev–Trinajstić information content (AvgIpc) is 2.51. The van der Waals surface area contributed by atoms with Crippen molar-refractivity contribution in [1.29, 1.82) is 0 Å². The van der Waals surface area contributed by atoms with E-state index in [1.54, 1.807) is 0 Å². The first-order chi connectivity index (χ1) is 6.33. The number of rotatable bonds is 2.